The minimum absolute atomic E-state index is 0.162. The van der Waals surface area contributed by atoms with Crippen LogP contribution in [-0.4, -0.2) is 17.3 Å². The predicted molar refractivity (Wildman–Crippen MR) is 110 cm³/mol. The minimum atomic E-state index is -0.162. The number of rotatable bonds is 4. The average molecular weight is 385 g/mol. The van der Waals surface area contributed by atoms with Crippen LogP contribution < -0.4 is 10.6 Å². The van der Waals surface area contributed by atoms with E-state index in [9.17, 15) is 4.79 Å². The molecule has 0 spiro atoms. The molecule has 0 atom stereocenters. The van der Waals surface area contributed by atoms with Gasteiger partial charge >= 0.3 is 0 Å². The molecule has 2 N–H and O–H groups in total. The van der Waals surface area contributed by atoms with Gasteiger partial charge in [0.2, 0.25) is 5.91 Å². The Morgan fingerprint density at radius 2 is 1.96 bits per heavy atom. The van der Waals surface area contributed by atoms with Crippen LogP contribution in [0.25, 0.3) is 12.2 Å². The van der Waals surface area contributed by atoms with Gasteiger partial charge in [-0.2, -0.15) is 5.26 Å². The summed E-state index contributed by atoms with van der Waals surface area (Å²) in [5.74, 6) is -0.162. The van der Waals surface area contributed by atoms with Gasteiger partial charge in [0.05, 0.1) is 5.69 Å². The SMILES string of the molecule is CSC(=Nc1cc(NC(C)=O)ccc1C=Cc1ccc(Cl)cc1)NC#N. The molecule has 2 aromatic carbocycles. The Morgan fingerprint density at radius 1 is 1.23 bits per heavy atom. The highest BCUT2D eigenvalue weighted by atomic mass is 35.5. The number of carbonyl (C=O) groups is 1. The molecular weight excluding hydrogens is 368 g/mol. The molecule has 0 heterocycles. The van der Waals surface area contributed by atoms with Gasteiger partial charge in [0.25, 0.3) is 0 Å². The lowest BCUT2D eigenvalue weighted by atomic mass is 10.1. The topological polar surface area (TPSA) is 77.3 Å². The van der Waals surface area contributed by atoms with Gasteiger partial charge < -0.3 is 5.32 Å². The molecule has 1 amide bonds. The van der Waals surface area contributed by atoms with Crippen LogP contribution in [0, 0.1) is 11.5 Å². The van der Waals surface area contributed by atoms with Gasteiger partial charge in [-0.05, 0) is 36.1 Å². The number of nitrogens with zero attached hydrogens (tertiary/aromatic N) is 2. The lowest BCUT2D eigenvalue weighted by Gasteiger charge is -2.08. The van der Waals surface area contributed by atoms with Crippen LogP contribution in [0.2, 0.25) is 5.02 Å². The van der Waals surface area contributed by atoms with Crippen molar-refractivity contribution in [3.63, 3.8) is 0 Å². The summed E-state index contributed by atoms with van der Waals surface area (Å²) >= 11 is 7.23. The van der Waals surface area contributed by atoms with Crippen LogP contribution in [0.4, 0.5) is 11.4 Å². The van der Waals surface area contributed by atoms with Crippen LogP contribution >= 0.6 is 23.4 Å². The molecule has 0 bridgehead atoms. The van der Waals surface area contributed by atoms with Crippen LogP contribution in [0.5, 0.6) is 0 Å². The summed E-state index contributed by atoms with van der Waals surface area (Å²) in [6, 6.07) is 12.9. The van der Waals surface area contributed by atoms with Crippen LogP contribution in [0.3, 0.4) is 0 Å². The number of aliphatic imine (C=N–C) groups is 1. The van der Waals surface area contributed by atoms with Crippen LogP contribution in [-0.2, 0) is 4.79 Å². The van der Waals surface area contributed by atoms with Gasteiger partial charge in [-0.1, -0.05) is 53.7 Å². The second-order valence-corrected chi connectivity index (χ2v) is 6.43. The number of amides is 1. The predicted octanol–water partition coefficient (Wildman–Crippen LogP) is 4.89. The van der Waals surface area contributed by atoms with E-state index in [1.54, 1.807) is 12.1 Å². The van der Waals surface area contributed by atoms with Gasteiger partial charge in [0.15, 0.2) is 11.4 Å². The zero-order chi connectivity index (χ0) is 18.9. The summed E-state index contributed by atoms with van der Waals surface area (Å²) in [6.07, 6.45) is 7.55. The van der Waals surface area contributed by atoms with Crippen LogP contribution in [0.1, 0.15) is 18.1 Å². The lowest BCUT2D eigenvalue weighted by molar-refractivity contribution is -0.114. The molecule has 2 aromatic rings. The third-order valence-electron chi connectivity index (χ3n) is 3.25. The first-order valence-corrected chi connectivity index (χ1v) is 9.25. The number of thioether (sulfide) groups is 1. The third-order valence-corrected chi connectivity index (χ3v) is 4.09. The highest BCUT2D eigenvalue weighted by Crippen LogP contribution is 2.27. The molecule has 0 aliphatic heterocycles. The van der Waals surface area contributed by atoms with E-state index >= 15 is 0 Å². The summed E-state index contributed by atoms with van der Waals surface area (Å²) in [5, 5.41) is 15.2. The number of nitriles is 1. The van der Waals surface area contributed by atoms with Crippen molar-refractivity contribution in [2.75, 3.05) is 11.6 Å². The number of benzene rings is 2. The van der Waals surface area contributed by atoms with E-state index in [1.807, 2.05) is 54.9 Å². The molecule has 0 aromatic heterocycles. The number of anilines is 1. The molecule has 0 aliphatic carbocycles. The zero-order valence-electron chi connectivity index (χ0n) is 14.3. The van der Waals surface area contributed by atoms with Crippen LogP contribution in [0.15, 0.2) is 47.5 Å². The highest BCUT2D eigenvalue weighted by Gasteiger charge is 2.05. The molecule has 5 nitrogen and oxygen atoms in total. The standard InChI is InChI=1S/C19H17ClN4OS/c1-13(25)23-17-10-7-15(6-3-14-4-8-16(20)9-5-14)18(11-17)24-19(26-2)22-12-21/h3-11H,1-2H3,(H,22,24)(H,23,25). The number of nitrogens with one attached hydrogen (secondary N) is 2. The summed E-state index contributed by atoms with van der Waals surface area (Å²) < 4.78 is 0. The number of carbonyl (C=O) groups excluding carboxylic acids is 1. The van der Waals surface area contributed by atoms with Crippen molar-refractivity contribution in [1.29, 1.82) is 5.26 Å². The monoisotopic (exact) mass is 384 g/mol. The van der Waals surface area contributed by atoms with Crippen molar-refractivity contribution in [1.82, 2.24) is 5.32 Å². The molecule has 7 heteroatoms. The van der Waals surface area contributed by atoms with E-state index in [4.69, 9.17) is 16.9 Å². The number of hydrogen-bond donors (Lipinski definition) is 2. The molecule has 0 fully saturated rings. The average Bonchev–Trinajstić information content (AvgIpc) is 2.61. The first kappa shape index (κ1) is 19.6. The summed E-state index contributed by atoms with van der Waals surface area (Å²) in [6.45, 7) is 1.45. The Balaban J connectivity index is 2.41. The smallest absolute Gasteiger partial charge is 0.221 e. The van der Waals surface area contributed by atoms with E-state index in [0.29, 0.717) is 21.6 Å². The van der Waals surface area contributed by atoms with Gasteiger partial charge in [0, 0.05) is 23.2 Å². The number of halogens is 1. The molecule has 132 valence electrons. The molecular formula is C19H17ClN4OS. The first-order chi connectivity index (χ1) is 12.5. The summed E-state index contributed by atoms with van der Waals surface area (Å²) in [4.78, 5) is 15.8. The quantitative estimate of drug-likeness (QED) is 0.258. The summed E-state index contributed by atoms with van der Waals surface area (Å²) in [5.41, 5.74) is 3.11. The Labute approximate surface area is 161 Å². The number of amidine groups is 1. The fraction of sp³-hybridized carbons (Fsp3) is 0.105. The second-order valence-electron chi connectivity index (χ2n) is 5.20. The Hall–Kier alpha value is -2.75. The Morgan fingerprint density at radius 3 is 2.58 bits per heavy atom. The van der Waals surface area contributed by atoms with E-state index in [0.717, 1.165) is 11.1 Å². The molecule has 0 saturated heterocycles. The fourth-order valence-corrected chi connectivity index (χ4v) is 2.57. The molecule has 26 heavy (non-hydrogen) atoms. The summed E-state index contributed by atoms with van der Waals surface area (Å²) in [7, 11) is 0. The third kappa shape index (κ3) is 5.96. The van der Waals surface area contributed by atoms with Crippen molar-refractivity contribution in [3.05, 3.63) is 58.6 Å². The Kier molecular flexibility index (Phi) is 7.27. The maximum atomic E-state index is 11.3. The van der Waals surface area contributed by atoms with Crippen molar-refractivity contribution >= 4 is 58.0 Å². The van der Waals surface area contributed by atoms with Crippen molar-refractivity contribution in [2.45, 2.75) is 6.92 Å². The highest BCUT2D eigenvalue weighted by molar-refractivity contribution is 8.13. The van der Waals surface area contributed by atoms with Crippen molar-refractivity contribution in [3.8, 4) is 6.19 Å². The van der Waals surface area contributed by atoms with E-state index in [2.05, 4.69) is 15.6 Å². The normalized spacial score (nSPS) is 11.2. The lowest BCUT2D eigenvalue weighted by Crippen LogP contribution is -2.12. The molecule has 2 rings (SSSR count). The Bertz CT molecular complexity index is 885. The maximum Gasteiger partial charge on any atom is 0.221 e. The molecule has 0 aliphatic rings. The second kappa shape index (κ2) is 9.66. The molecule has 0 radical (unpaired) electrons. The number of hydrogen-bond acceptors (Lipinski definition) is 4. The molecule has 0 saturated carbocycles. The first-order valence-electron chi connectivity index (χ1n) is 7.65. The van der Waals surface area contributed by atoms with Gasteiger partial charge in [-0.3, -0.25) is 10.1 Å². The van der Waals surface area contributed by atoms with Crippen molar-refractivity contribution < 1.29 is 4.79 Å². The van der Waals surface area contributed by atoms with Gasteiger partial charge in [-0.15, -0.1) is 0 Å². The van der Waals surface area contributed by atoms with E-state index in [1.165, 1.54) is 18.7 Å². The van der Waals surface area contributed by atoms with E-state index in [-0.39, 0.29) is 5.91 Å². The maximum absolute atomic E-state index is 11.3. The zero-order valence-corrected chi connectivity index (χ0v) is 15.9. The molecule has 0 unspecified atom stereocenters. The minimum Gasteiger partial charge on any atom is -0.326 e. The fourth-order valence-electron chi connectivity index (χ4n) is 2.10. The van der Waals surface area contributed by atoms with Gasteiger partial charge in [-0.25, -0.2) is 4.99 Å². The van der Waals surface area contributed by atoms with Crippen molar-refractivity contribution in [2.24, 2.45) is 4.99 Å². The van der Waals surface area contributed by atoms with E-state index < -0.39 is 0 Å². The largest absolute Gasteiger partial charge is 0.326 e. The van der Waals surface area contributed by atoms with Gasteiger partial charge in [0.1, 0.15) is 0 Å².